The Morgan fingerprint density at radius 1 is 1.47 bits per heavy atom. The number of imidazole rings is 1. The van der Waals surface area contributed by atoms with Gasteiger partial charge in [-0.1, -0.05) is 29.4 Å². The maximum absolute atomic E-state index is 11.1. The summed E-state index contributed by atoms with van der Waals surface area (Å²) in [6, 6.07) is 5.16. The fourth-order valence-corrected chi connectivity index (χ4v) is 2.58. The van der Waals surface area contributed by atoms with E-state index in [2.05, 4.69) is 4.98 Å². The summed E-state index contributed by atoms with van der Waals surface area (Å²) in [4.78, 5) is 26.0. The zero-order chi connectivity index (χ0) is 14.0. The second kappa shape index (κ2) is 5.50. The summed E-state index contributed by atoms with van der Waals surface area (Å²) < 4.78 is 1.57. The maximum Gasteiger partial charge on any atom is 0.313 e. The summed E-state index contributed by atoms with van der Waals surface area (Å²) in [5, 5.41) is 9.55. The van der Waals surface area contributed by atoms with E-state index in [0.29, 0.717) is 21.2 Å². The van der Waals surface area contributed by atoms with E-state index in [-0.39, 0.29) is 12.3 Å². The number of nitrogens with two attached hydrogens (primary N) is 1. The summed E-state index contributed by atoms with van der Waals surface area (Å²) >= 11 is 7.04. The molecule has 0 spiro atoms. The third-order valence-electron chi connectivity index (χ3n) is 2.33. The Balaban J connectivity index is 2.50. The van der Waals surface area contributed by atoms with Crippen LogP contribution in [-0.4, -0.2) is 32.3 Å². The number of primary amides is 1. The van der Waals surface area contributed by atoms with Crippen LogP contribution in [0.15, 0.2) is 23.4 Å². The molecular weight excluding hydrogens is 290 g/mol. The Kier molecular flexibility index (Phi) is 3.96. The number of carboxylic acids is 1. The number of nitrogens with zero attached hydrogens (tertiary/aromatic N) is 2. The Labute approximate surface area is 117 Å². The number of carbonyl (C=O) groups is 2. The van der Waals surface area contributed by atoms with Gasteiger partial charge in [-0.25, -0.2) is 4.98 Å². The van der Waals surface area contributed by atoms with E-state index in [4.69, 9.17) is 22.4 Å². The first-order valence-electron chi connectivity index (χ1n) is 5.26. The first-order valence-corrected chi connectivity index (χ1v) is 6.63. The number of para-hydroxylation sites is 1. The highest BCUT2D eigenvalue weighted by Gasteiger charge is 2.15. The summed E-state index contributed by atoms with van der Waals surface area (Å²) in [7, 11) is 0. The zero-order valence-electron chi connectivity index (χ0n) is 9.67. The summed E-state index contributed by atoms with van der Waals surface area (Å²) in [5.41, 5.74) is 6.37. The van der Waals surface area contributed by atoms with Crippen LogP contribution in [0.5, 0.6) is 0 Å². The third kappa shape index (κ3) is 2.99. The van der Waals surface area contributed by atoms with Crippen molar-refractivity contribution in [3.8, 4) is 0 Å². The SMILES string of the molecule is NC(=O)Cn1c(SCC(=O)O)nc2c(Cl)cccc21. The van der Waals surface area contributed by atoms with Crippen molar-refractivity contribution in [2.45, 2.75) is 11.7 Å². The predicted octanol–water partition coefficient (Wildman–Crippen LogP) is 1.35. The van der Waals surface area contributed by atoms with Crippen LogP contribution in [-0.2, 0) is 16.1 Å². The molecule has 1 heterocycles. The van der Waals surface area contributed by atoms with Crippen molar-refractivity contribution in [2.24, 2.45) is 5.73 Å². The van der Waals surface area contributed by atoms with E-state index >= 15 is 0 Å². The van der Waals surface area contributed by atoms with Gasteiger partial charge in [0.25, 0.3) is 0 Å². The molecule has 0 saturated carbocycles. The molecule has 2 aromatic rings. The molecule has 0 atom stereocenters. The Morgan fingerprint density at radius 2 is 2.21 bits per heavy atom. The van der Waals surface area contributed by atoms with Crippen molar-refractivity contribution in [1.29, 1.82) is 0 Å². The molecule has 0 fully saturated rings. The number of amides is 1. The number of carbonyl (C=O) groups excluding carboxylic acids is 1. The average Bonchev–Trinajstić information content (AvgIpc) is 2.66. The van der Waals surface area contributed by atoms with Crippen molar-refractivity contribution in [2.75, 3.05) is 5.75 Å². The fourth-order valence-electron chi connectivity index (χ4n) is 1.64. The van der Waals surface area contributed by atoms with Gasteiger partial charge in [0.1, 0.15) is 12.1 Å². The van der Waals surface area contributed by atoms with Gasteiger partial charge >= 0.3 is 5.97 Å². The van der Waals surface area contributed by atoms with E-state index in [1.165, 1.54) is 0 Å². The highest BCUT2D eigenvalue weighted by Crippen LogP contribution is 2.28. The molecule has 8 heteroatoms. The first-order chi connectivity index (χ1) is 8.99. The van der Waals surface area contributed by atoms with E-state index in [9.17, 15) is 9.59 Å². The highest BCUT2D eigenvalue weighted by atomic mass is 35.5. The van der Waals surface area contributed by atoms with Crippen LogP contribution < -0.4 is 5.73 Å². The number of aromatic nitrogens is 2. The molecule has 6 nitrogen and oxygen atoms in total. The number of fused-ring (bicyclic) bond motifs is 1. The largest absolute Gasteiger partial charge is 0.481 e. The lowest BCUT2D eigenvalue weighted by Gasteiger charge is -2.05. The number of carboxylic acid groups (broad SMARTS) is 1. The number of thioether (sulfide) groups is 1. The van der Waals surface area contributed by atoms with Gasteiger partial charge in [0.05, 0.1) is 16.3 Å². The lowest BCUT2D eigenvalue weighted by Crippen LogP contribution is -2.19. The lowest BCUT2D eigenvalue weighted by molar-refractivity contribution is -0.133. The predicted molar refractivity (Wildman–Crippen MR) is 72.3 cm³/mol. The van der Waals surface area contributed by atoms with Gasteiger partial charge in [-0.2, -0.15) is 0 Å². The summed E-state index contributed by atoms with van der Waals surface area (Å²) in [6.45, 7) is -0.0706. The van der Waals surface area contributed by atoms with Gasteiger partial charge in [-0.3, -0.25) is 9.59 Å². The van der Waals surface area contributed by atoms with Crippen molar-refractivity contribution in [1.82, 2.24) is 9.55 Å². The van der Waals surface area contributed by atoms with Crippen molar-refractivity contribution in [3.05, 3.63) is 23.2 Å². The lowest BCUT2D eigenvalue weighted by atomic mass is 10.3. The third-order valence-corrected chi connectivity index (χ3v) is 3.60. The molecule has 19 heavy (non-hydrogen) atoms. The van der Waals surface area contributed by atoms with Gasteiger partial charge in [0, 0.05) is 0 Å². The van der Waals surface area contributed by atoms with Gasteiger partial charge < -0.3 is 15.4 Å². The molecular formula is C11H10ClN3O3S. The second-order valence-corrected chi connectivity index (χ2v) is 5.09. The summed E-state index contributed by atoms with van der Waals surface area (Å²) in [6.07, 6.45) is 0. The van der Waals surface area contributed by atoms with Gasteiger partial charge in [0.2, 0.25) is 5.91 Å². The van der Waals surface area contributed by atoms with E-state index < -0.39 is 11.9 Å². The summed E-state index contributed by atoms with van der Waals surface area (Å²) in [5.74, 6) is -1.65. The molecule has 0 saturated heterocycles. The number of hydrogen-bond donors (Lipinski definition) is 2. The number of halogens is 1. The molecule has 1 aromatic carbocycles. The molecule has 0 aliphatic carbocycles. The minimum atomic E-state index is -0.964. The first kappa shape index (κ1) is 13.7. The second-order valence-electron chi connectivity index (χ2n) is 3.74. The molecule has 3 N–H and O–H groups in total. The Morgan fingerprint density at radius 3 is 2.84 bits per heavy atom. The van der Waals surface area contributed by atoms with Crippen LogP contribution in [0.25, 0.3) is 11.0 Å². The molecule has 0 aliphatic rings. The van der Waals surface area contributed by atoms with Crippen LogP contribution in [0.4, 0.5) is 0 Å². The Bertz CT molecular complexity index is 656. The highest BCUT2D eigenvalue weighted by molar-refractivity contribution is 7.99. The van der Waals surface area contributed by atoms with Crippen LogP contribution >= 0.6 is 23.4 Å². The monoisotopic (exact) mass is 299 g/mol. The van der Waals surface area contributed by atoms with E-state index in [1.807, 2.05) is 0 Å². The molecule has 1 amide bonds. The fraction of sp³-hybridized carbons (Fsp3) is 0.182. The van der Waals surface area contributed by atoms with Crippen molar-refractivity contribution >= 4 is 46.3 Å². The minimum Gasteiger partial charge on any atom is -0.481 e. The minimum absolute atomic E-state index is 0.0706. The van der Waals surface area contributed by atoms with Crippen LogP contribution in [0, 0.1) is 0 Å². The normalized spacial score (nSPS) is 10.8. The molecule has 100 valence electrons. The van der Waals surface area contributed by atoms with Gasteiger partial charge in [-0.15, -0.1) is 0 Å². The van der Waals surface area contributed by atoms with Crippen LogP contribution in [0.3, 0.4) is 0 Å². The Hall–Kier alpha value is -1.73. The molecule has 0 aliphatic heterocycles. The van der Waals surface area contributed by atoms with E-state index in [0.717, 1.165) is 11.8 Å². The van der Waals surface area contributed by atoms with E-state index in [1.54, 1.807) is 22.8 Å². The number of rotatable bonds is 5. The van der Waals surface area contributed by atoms with Crippen LogP contribution in [0.2, 0.25) is 5.02 Å². The van der Waals surface area contributed by atoms with Crippen molar-refractivity contribution < 1.29 is 14.7 Å². The topological polar surface area (TPSA) is 98.2 Å². The molecule has 0 bridgehead atoms. The number of hydrogen-bond acceptors (Lipinski definition) is 4. The zero-order valence-corrected chi connectivity index (χ0v) is 11.2. The number of aliphatic carboxylic acids is 1. The van der Waals surface area contributed by atoms with Crippen molar-refractivity contribution in [3.63, 3.8) is 0 Å². The average molecular weight is 300 g/mol. The maximum atomic E-state index is 11.1. The molecule has 0 unspecified atom stereocenters. The molecule has 1 aromatic heterocycles. The molecule has 0 radical (unpaired) electrons. The van der Waals surface area contributed by atoms with Crippen LogP contribution in [0.1, 0.15) is 0 Å². The van der Waals surface area contributed by atoms with Gasteiger partial charge in [0.15, 0.2) is 5.16 Å². The quantitative estimate of drug-likeness (QED) is 0.812. The standard InChI is InChI=1S/C11H10ClN3O3S/c12-6-2-1-3-7-10(6)14-11(19-5-9(17)18)15(7)4-8(13)16/h1-3H,4-5H2,(H2,13,16)(H,17,18). The van der Waals surface area contributed by atoms with Gasteiger partial charge in [-0.05, 0) is 12.1 Å². The molecule has 2 rings (SSSR count). The number of benzene rings is 1. The smallest absolute Gasteiger partial charge is 0.313 e.